The van der Waals surface area contributed by atoms with Gasteiger partial charge in [0.15, 0.2) is 0 Å². The van der Waals surface area contributed by atoms with Crippen LogP contribution in [-0.2, 0) is 36.8 Å². The minimum Gasteiger partial charge on any atom is -0.508 e. The third-order valence-corrected chi connectivity index (χ3v) is 7.65. The van der Waals surface area contributed by atoms with Crippen LogP contribution >= 0.6 is 11.8 Å². The fourth-order valence-electron chi connectivity index (χ4n) is 4.55. The van der Waals surface area contributed by atoms with Crippen molar-refractivity contribution in [3.05, 3.63) is 65.9 Å². The molecule has 2 aromatic carbocycles. The molecule has 3 rings (SSSR count). The summed E-state index contributed by atoms with van der Waals surface area (Å²) in [7, 11) is 0. The molecular formula is C30H38N6O7S. The number of aromatic nitrogens is 1. The molecule has 0 aliphatic carbocycles. The molecule has 4 amide bonds. The molecule has 10 N–H and O–H groups in total. The first-order chi connectivity index (χ1) is 21.0. The Morgan fingerprint density at radius 2 is 1.48 bits per heavy atom. The molecule has 0 saturated heterocycles. The van der Waals surface area contributed by atoms with E-state index in [9.17, 15) is 34.2 Å². The van der Waals surface area contributed by atoms with Crippen LogP contribution in [0.2, 0.25) is 0 Å². The number of aromatic amines is 1. The van der Waals surface area contributed by atoms with E-state index in [1.807, 2.05) is 30.5 Å². The van der Waals surface area contributed by atoms with Gasteiger partial charge in [0.25, 0.3) is 0 Å². The number of H-pyrrole nitrogens is 1. The topological polar surface area (TPSA) is 230 Å². The Morgan fingerprint density at radius 1 is 0.864 bits per heavy atom. The lowest BCUT2D eigenvalue weighted by molar-refractivity contribution is -0.142. The van der Waals surface area contributed by atoms with Crippen molar-refractivity contribution in [1.82, 2.24) is 20.9 Å². The van der Waals surface area contributed by atoms with Gasteiger partial charge in [0, 0.05) is 36.4 Å². The number of aliphatic carboxylic acids is 1. The van der Waals surface area contributed by atoms with Gasteiger partial charge in [-0.05, 0) is 54.2 Å². The van der Waals surface area contributed by atoms with Crippen molar-refractivity contribution in [2.24, 2.45) is 11.5 Å². The zero-order valence-corrected chi connectivity index (χ0v) is 25.1. The van der Waals surface area contributed by atoms with Gasteiger partial charge in [-0.2, -0.15) is 11.8 Å². The van der Waals surface area contributed by atoms with Gasteiger partial charge in [-0.3, -0.25) is 19.2 Å². The lowest BCUT2D eigenvalue weighted by Crippen LogP contribution is -2.58. The predicted molar refractivity (Wildman–Crippen MR) is 167 cm³/mol. The van der Waals surface area contributed by atoms with Crippen LogP contribution < -0.4 is 27.4 Å². The van der Waals surface area contributed by atoms with Crippen LogP contribution in [0.3, 0.4) is 0 Å². The molecule has 0 bridgehead atoms. The highest BCUT2D eigenvalue weighted by Crippen LogP contribution is 2.20. The summed E-state index contributed by atoms with van der Waals surface area (Å²) in [5.74, 6) is -3.51. The maximum absolute atomic E-state index is 13.8. The van der Waals surface area contributed by atoms with E-state index in [0.717, 1.165) is 16.5 Å². The summed E-state index contributed by atoms with van der Waals surface area (Å²) in [6, 6.07) is 8.67. The first-order valence-electron chi connectivity index (χ1n) is 14.0. The van der Waals surface area contributed by atoms with Crippen LogP contribution in [0.1, 0.15) is 30.4 Å². The number of carbonyl (C=O) groups excluding carboxylic acids is 4. The third-order valence-electron chi connectivity index (χ3n) is 7.00. The van der Waals surface area contributed by atoms with Crippen molar-refractivity contribution < 1.29 is 34.2 Å². The predicted octanol–water partition coefficient (Wildman–Crippen LogP) is 0.544. The van der Waals surface area contributed by atoms with Crippen LogP contribution in [0.15, 0.2) is 54.7 Å². The van der Waals surface area contributed by atoms with E-state index < -0.39 is 53.8 Å². The SMILES string of the molecule is CSCCC(N)C(=O)NC(Cc1c[nH]c2ccccc12)C(=O)NC(Cc1ccc(O)cc1)C(=O)NC(CCC(N)=O)C(=O)O. The summed E-state index contributed by atoms with van der Waals surface area (Å²) in [5.41, 5.74) is 13.4. The number of nitrogens with two attached hydrogens (primary N) is 2. The Hall–Kier alpha value is -4.56. The van der Waals surface area contributed by atoms with Crippen LogP contribution in [0, 0.1) is 0 Å². The number of hydrogen-bond acceptors (Lipinski definition) is 8. The summed E-state index contributed by atoms with van der Waals surface area (Å²) < 4.78 is 0. The van der Waals surface area contributed by atoms with E-state index in [4.69, 9.17) is 11.5 Å². The van der Waals surface area contributed by atoms with Gasteiger partial charge in [0.2, 0.25) is 23.6 Å². The lowest BCUT2D eigenvalue weighted by Gasteiger charge is -2.25. The van der Waals surface area contributed by atoms with Crippen molar-refractivity contribution in [3.63, 3.8) is 0 Å². The zero-order valence-electron chi connectivity index (χ0n) is 24.2. The maximum Gasteiger partial charge on any atom is 0.326 e. The monoisotopic (exact) mass is 626 g/mol. The van der Waals surface area contributed by atoms with Gasteiger partial charge in [0.05, 0.1) is 6.04 Å². The molecule has 3 aromatic rings. The molecule has 1 aromatic heterocycles. The van der Waals surface area contributed by atoms with Gasteiger partial charge in [-0.15, -0.1) is 0 Å². The number of phenols is 1. The average Bonchev–Trinajstić information content (AvgIpc) is 3.40. The summed E-state index contributed by atoms with van der Waals surface area (Å²) in [4.78, 5) is 66.4. The number of fused-ring (bicyclic) bond motifs is 1. The number of carbonyl (C=O) groups is 5. The van der Waals surface area contributed by atoms with Gasteiger partial charge in [0.1, 0.15) is 23.9 Å². The Labute approximate surface area is 258 Å². The highest BCUT2D eigenvalue weighted by Gasteiger charge is 2.31. The van der Waals surface area contributed by atoms with Crippen LogP contribution in [0.5, 0.6) is 5.75 Å². The van der Waals surface area contributed by atoms with Gasteiger partial charge in [-0.25, -0.2) is 4.79 Å². The van der Waals surface area contributed by atoms with Crippen molar-refractivity contribution in [3.8, 4) is 5.75 Å². The zero-order chi connectivity index (χ0) is 32.2. The van der Waals surface area contributed by atoms with E-state index >= 15 is 0 Å². The highest BCUT2D eigenvalue weighted by molar-refractivity contribution is 7.98. The highest BCUT2D eigenvalue weighted by atomic mass is 32.2. The third kappa shape index (κ3) is 10.0. The van der Waals surface area contributed by atoms with E-state index in [1.54, 1.807) is 18.3 Å². The molecule has 0 spiro atoms. The van der Waals surface area contributed by atoms with Crippen LogP contribution in [0.4, 0.5) is 0 Å². The number of aromatic hydroxyl groups is 1. The molecule has 236 valence electrons. The first-order valence-corrected chi connectivity index (χ1v) is 15.4. The van der Waals surface area contributed by atoms with Gasteiger partial charge < -0.3 is 42.6 Å². The average molecular weight is 627 g/mol. The normalized spacial score (nSPS) is 13.8. The fourth-order valence-corrected chi connectivity index (χ4v) is 5.04. The Kier molecular flexibility index (Phi) is 12.6. The Bertz CT molecular complexity index is 1460. The molecular weight excluding hydrogens is 588 g/mol. The number of thioether (sulfide) groups is 1. The van der Waals surface area contributed by atoms with E-state index in [2.05, 4.69) is 20.9 Å². The van der Waals surface area contributed by atoms with Crippen molar-refractivity contribution in [2.75, 3.05) is 12.0 Å². The standard InChI is InChI=1S/C30H38N6O7S/c1-44-13-12-21(31)27(39)35-25(15-18-16-33-22-5-3-2-4-20(18)22)29(41)36-24(14-17-6-8-19(37)9-7-17)28(40)34-23(30(42)43)10-11-26(32)38/h2-9,16,21,23-25,33,37H,10-15,31H2,1H3,(H2,32,38)(H,34,40)(H,35,39)(H,36,41)(H,42,43). The molecule has 0 saturated carbocycles. The molecule has 44 heavy (non-hydrogen) atoms. The number of hydrogen-bond donors (Lipinski definition) is 8. The quantitative estimate of drug-likeness (QED) is 0.104. The number of carboxylic acid groups (broad SMARTS) is 1. The molecule has 0 fully saturated rings. The van der Waals surface area contributed by atoms with Crippen molar-refractivity contribution in [1.29, 1.82) is 0 Å². The smallest absolute Gasteiger partial charge is 0.326 e. The molecule has 0 radical (unpaired) electrons. The van der Waals surface area contributed by atoms with Gasteiger partial charge in [-0.1, -0.05) is 30.3 Å². The summed E-state index contributed by atoms with van der Waals surface area (Å²) in [5, 5.41) is 27.9. The second-order valence-corrected chi connectivity index (χ2v) is 11.3. The van der Waals surface area contributed by atoms with E-state index in [0.29, 0.717) is 17.7 Å². The molecule has 13 nitrogen and oxygen atoms in total. The second-order valence-electron chi connectivity index (χ2n) is 10.3. The molecule has 4 unspecified atom stereocenters. The molecule has 0 aliphatic rings. The number of rotatable bonds is 17. The Balaban J connectivity index is 1.89. The maximum atomic E-state index is 13.8. The molecule has 14 heteroatoms. The molecule has 0 aliphatic heterocycles. The first kappa shape index (κ1) is 33.9. The van der Waals surface area contributed by atoms with Crippen molar-refractivity contribution in [2.45, 2.75) is 56.3 Å². The summed E-state index contributed by atoms with van der Waals surface area (Å²) >= 11 is 1.53. The minimum absolute atomic E-state index is 0.00417. The van der Waals surface area contributed by atoms with Crippen molar-refractivity contribution >= 4 is 52.3 Å². The van der Waals surface area contributed by atoms with E-state index in [1.165, 1.54) is 23.9 Å². The number of para-hydroxylation sites is 1. The largest absolute Gasteiger partial charge is 0.508 e. The number of amides is 4. The second kappa shape index (κ2) is 16.3. The molecule has 1 heterocycles. The van der Waals surface area contributed by atoms with Crippen LogP contribution in [-0.4, -0.2) is 81.0 Å². The fraction of sp³-hybridized carbons (Fsp3) is 0.367. The number of phenolic OH excluding ortho intramolecular Hbond substituents is 1. The number of benzene rings is 2. The molecule has 4 atom stereocenters. The number of nitrogens with one attached hydrogen (secondary N) is 4. The lowest BCUT2D eigenvalue weighted by atomic mass is 10.0. The number of carboxylic acids is 1. The number of primary amides is 1. The van der Waals surface area contributed by atoms with E-state index in [-0.39, 0.29) is 31.4 Å². The summed E-state index contributed by atoms with van der Waals surface area (Å²) in [6.07, 6.45) is 3.50. The van der Waals surface area contributed by atoms with Crippen LogP contribution in [0.25, 0.3) is 10.9 Å². The Morgan fingerprint density at radius 3 is 2.11 bits per heavy atom. The minimum atomic E-state index is -1.44. The summed E-state index contributed by atoms with van der Waals surface area (Å²) in [6.45, 7) is 0. The van der Waals surface area contributed by atoms with Gasteiger partial charge >= 0.3 is 5.97 Å².